The summed E-state index contributed by atoms with van der Waals surface area (Å²) in [7, 11) is 1.78. The predicted molar refractivity (Wildman–Crippen MR) is 78.8 cm³/mol. The molecule has 0 N–H and O–H groups in total. The molecule has 0 spiro atoms. The number of rotatable bonds is 1. The second-order valence-electron chi connectivity index (χ2n) is 5.38. The fourth-order valence-corrected chi connectivity index (χ4v) is 2.62. The SMILES string of the molecule is Cc1cc(C)c2c(c1)N(C(=O)c1nnn(C)c1C)CCO2. The third-order valence-corrected chi connectivity index (χ3v) is 3.81. The number of anilines is 1. The first-order chi connectivity index (χ1) is 9.99. The molecular weight excluding hydrogens is 268 g/mol. The molecule has 0 fully saturated rings. The lowest BCUT2D eigenvalue weighted by atomic mass is 10.1. The van der Waals surface area contributed by atoms with Gasteiger partial charge in [0.2, 0.25) is 0 Å². The zero-order valence-electron chi connectivity index (χ0n) is 12.7. The largest absolute Gasteiger partial charge is 0.489 e. The number of benzene rings is 1. The molecule has 1 aliphatic heterocycles. The van der Waals surface area contributed by atoms with Gasteiger partial charge in [0.05, 0.1) is 17.9 Å². The molecule has 6 nitrogen and oxygen atoms in total. The third kappa shape index (κ3) is 2.16. The second-order valence-corrected chi connectivity index (χ2v) is 5.38. The summed E-state index contributed by atoms with van der Waals surface area (Å²) in [6.07, 6.45) is 0. The number of carbonyl (C=O) groups is 1. The Kier molecular flexibility index (Phi) is 3.16. The summed E-state index contributed by atoms with van der Waals surface area (Å²) in [6.45, 7) is 6.86. The first-order valence-corrected chi connectivity index (χ1v) is 6.91. The molecule has 2 aromatic rings. The summed E-state index contributed by atoms with van der Waals surface area (Å²) in [5, 5.41) is 7.90. The van der Waals surface area contributed by atoms with Crippen molar-refractivity contribution in [1.29, 1.82) is 0 Å². The molecule has 3 rings (SSSR count). The van der Waals surface area contributed by atoms with Gasteiger partial charge in [-0.2, -0.15) is 0 Å². The Hall–Kier alpha value is -2.37. The van der Waals surface area contributed by atoms with Gasteiger partial charge in [-0.15, -0.1) is 5.10 Å². The van der Waals surface area contributed by atoms with Gasteiger partial charge in [-0.25, -0.2) is 0 Å². The minimum absolute atomic E-state index is 0.129. The van der Waals surface area contributed by atoms with E-state index in [0.717, 1.165) is 28.3 Å². The summed E-state index contributed by atoms with van der Waals surface area (Å²) in [5.74, 6) is 0.650. The number of hydrogen-bond acceptors (Lipinski definition) is 4. The van der Waals surface area contributed by atoms with Crippen molar-refractivity contribution >= 4 is 11.6 Å². The van der Waals surface area contributed by atoms with Crippen LogP contribution in [0.1, 0.15) is 27.3 Å². The zero-order valence-corrected chi connectivity index (χ0v) is 12.7. The lowest BCUT2D eigenvalue weighted by Gasteiger charge is -2.30. The number of ether oxygens (including phenoxy) is 1. The molecule has 1 aromatic carbocycles. The van der Waals surface area contributed by atoms with Crippen LogP contribution in [0.4, 0.5) is 5.69 Å². The standard InChI is InChI=1S/C15H18N4O2/c1-9-7-10(2)14-12(8-9)19(5-6-21-14)15(20)13-11(3)18(4)17-16-13/h7-8H,5-6H2,1-4H3. The molecule has 1 aliphatic rings. The molecule has 0 aliphatic carbocycles. The molecular formula is C15H18N4O2. The molecule has 0 unspecified atom stereocenters. The highest BCUT2D eigenvalue weighted by atomic mass is 16.5. The number of hydrogen-bond donors (Lipinski definition) is 0. The zero-order chi connectivity index (χ0) is 15.1. The number of fused-ring (bicyclic) bond motifs is 1. The Morgan fingerprint density at radius 2 is 2.05 bits per heavy atom. The first kappa shape index (κ1) is 13.6. The van der Waals surface area contributed by atoms with Crippen LogP contribution in [-0.4, -0.2) is 34.1 Å². The summed E-state index contributed by atoms with van der Waals surface area (Å²) >= 11 is 0. The second kappa shape index (κ2) is 4.87. The van der Waals surface area contributed by atoms with Gasteiger partial charge in [-0.05, 0) is 38.0 Å². The fourth-order valence-electron chi connectivity index (χ4n) is 2.62. The number of nitrogens with zero attached hydrogens (tertiary/aromatic N) is 4. The van der Waals surface area contributed by atoms with E-state index in [0.29, 0.717) is 18.8 Å². The van der Waals surface area contributed by atoms with Gasteiger partial charge < -0.3 is 4.74 Å². The van der Waals surface area contributed by atoms with Crippen LogP contribution in [0.5, 0.6) is 5.75 Å². The lowest BCUT2D eigenvalue weighted by Crippen LogP contribution is -2.38. The van der Waals surface area contributed by atoms with Crippen LogP contribution in [0, 0.1) is 20.8 Å². The minimum atomic E-state index is -0.129. The monoisotopic (exact) mass is 286 g/mol. The van der Waals surface area contributed by atoms with Crippen molar-refractivity contribution < 1.29 is 9.53 Å². The van der Waals surface area contributed by atoms with Gasteiger partial charge >= 0.3 is 0 Å². The molecule has 1 aromatic heterocycles. The summed E-state index contributed by atoms with van der Waals surface area (Å²) in [5.41, 5.74) is 4.11. The minimum Gasteiger partial charge on any atom is -0.489 e. The maximum atomic E-state index is 12.8. The van der Waals surface area contributed by atoms with E-state index in [4.69, 9.17) is 4.74 Å². The van der Waals surface area contributed by atoms with Crippen LogP contribution in [0.25, 0.3) is 0 Å². The van der Waals surface area contributed by atoms with E-state index in [1.54, 1.807) is 16.6 Å². The van der Waals surface area contributed by atoms with Crippen LogP contribution in [0.15, 0.2) is 12.1 Å². The summed E-state index contributed by atoms with van der Waals surface area (Å²) in [4.78, 5) is 14.5. The summed E-state index contributed by atoms with van der Waals surface area (Å²) < 4.78 is 7.33. The van der Waals surface area contributed by atoms with Crippen molar-refractivity contribution in [2.75, 3.05) is 18.1 Å². The van der Waals surface area contributed by atoms with Gasteiger partial charge in [0.1, 0.15) is 12.4 Å². The molecule has 2 heterocycles. The van der Waals surface area contributed by atoms with Crippen molar-refractivity contribution in [2.45, 2.75) is 20.8 Å². The van der Waals surface area contributed by atoms with Crippen molar-refractivity contribution in [2.24, 2.45) is 7.05 Å². The van der Waals surface area contributed by atoms with E-state index < -0.39 is 0 Å². The predicted octanol–water partition coefficient (Wildman–Crippen LogP) is 1.78. The third-order valence-electron chi connectivity index (χ3n) is 3.81. The molecule has 0 atom stereocenters. The van der Waals surface area contributed by atoms with E-state index in [1.165, 1.54) is 0 Å². The highest BCUT2D eigenvalue weighted by Crippen LogP contribution is 2.36. The number of aromatic nitrogens is 3. The van der Waals surface area contributed by atoms with Gasteiger partial charge in [0.25, 0.3) is 5.91 Å². The van der Waals surface area contributed by atoms with Crippen LogP contribution in [-0.2, 0) is 7.05 Å². The number of amides is 1. The van der Waals surface area contributed by atoms with Gasteiger partial charge in [0, 0.05) is 7.05 Å². The van der Waals surface area contributed by atoms with Crippen molar-refractivity contribution in [3.8, 4) is 5.75 Å². The van der Waals surface area contributed by atoms with Crippen molar-refractivity contribution in [1.82, 2.24) is 15.0 Å². The van der Waals surface area contributed by atoms with E-state index in [2.05, 4.69) is 16.4 Å². The Morgan fingerprint density at radius 1 is 1.29 bits per heavy atom. The topological polar surface area (TPSA) is 60.2 Å². The normalized spacial score (nSPS) is 13.8. The molecule has 0 radical (unpaired) electrons. The van der Waals surface area contributed by atoms with E-state index in [9.17, 15) is 4.79 Å². The van der Waals surface area contributed by atoms with Crippen LogP contribution in [0.2, 0.25) is 0 Å². The average Bonchev–Trinajstić information content (AvgIpc) is 2.77. The summed E-state index contributed by atoms with van der Waals surface area (Å²) in [6, 6.07) is 4.03. The van der Waals surface area contributed by atoms with Crippen molar-refractivity contribution in [3.05, 3.63) is 34.6 Å². The number of aryl methyl sites for hydroxylation is 3. The average molecular weight is 286 g/mol. The molecule has 110 valence electrons. The first-order valence-electron chi connectivity index (χ1n) is 6.91. The molecule has 0 saturated carbocycles. The van der Waals surface area contributed by atoms with Gasteiger partial charge in [-0.3, -0.25) is 14.4 Å². The lowest BCUT2D eigenvalue weighted by molar-refractivity contribution is 0.0971. The highest BCUT2D eigenvalue weighted by Gasteiger charge is 2.29. The smallest absolute Gasteiger partial charge is 0.280 e. The Balaban J connectivity index is 2.06. The van der Waals surface area contributed by atoms with E-state index >= 15 is 0 Å². The van der Waals surface area contributed by atoms with E-state index in [1.807, 2.05) is 26.8 Å². The Labute approximate surface area is 123 Å². The fraction of sp³-hybridized carbons (Fsp3) is 0.400. The quantitative estimate of drug-likeness (QED) is 0.801. The highest BCUT2D eigenvalue weighted by molar-refractivity contribution is 6.06. The van der Waals surface area contributed by atoms with Crippen LogP contribution < -0.4 is 9.64 Å². The van der Waals surface area contributed by atoms with Crippen LogP contribution in [0.3, 0.4) is 0 Å². The maximum Gasteiger partial charge on any atom is 0.280 e. The number of carbonyl (C=O) groups excluding carboxylic acids is 1. The molecule has 6 heteroatoms. The Morgan fingerprint density at radius 3 is 2.71 bits per heavy atom. The van der Waals surface area contributed by atoms with Gasteiger partial charge in [-0.1, -0.05) is 11.3 Å². The van der Waals surface area contributed by atoms with E-state index in [-0.39, 0.29) is 5.91 Å². The maximum absolute atomic E-state index is 12.8. The van der Waals surface area contributed by atoms with Gasteiger partial charge in [0.15, 0.2) is 5.69 Å². The molecule has 21 heavy (non-hydrogen) atoms. The van der Waals surface area contributed by atoms with Crippen molar-refractivity contribution in [3.63, 3.8) is 0 Å². The molecule has 0 saturated heterocycles. The molecule has 0 bridgehead atoms. The van der Waals surface area contributed by atoms with Crippen LogP contribution >= 0.6 is 0 Å². The molecule has 1 amide bonds. The Bertz CT molecular complexity index is 721.